The molecule has 2 aromatic carbocycles. The molecule has 0 aliphatic rings. The van der Waals surface area contributed by atoms with Crippen LogP contribution in [0.1, 0.15) is 42.3 Å². The van der Waals surface area contributed by atoms with E-state index in [0.717, 1.165) is 5.56 Å². The Morgan fingerprint density at radius 3 is 2.57 bits per heavy atom. The van der Waals surface area contributed by atoms with Crippen LogP contribution in [0.2, 0.25) is 5.02 Å². The summed E-state index contributed by atoms with van der Waals surface area (Å²) in [4.78, 5) is 12.0. The Kier molecular flexibility index (Phi) is 5.06. The fourth-order valence-corrected chi connectivity index (χ4v) is 2.21. The summed E-state index contributed by atoms with van der Waals surface area (Å²) in [7, 11) is 0. The van der Waals surface area contributed by atoms with Crippen molar-refractivity contribution in [3.8, 4) is 5.75 Å². The van der Waals surface area contributed by atoms with Gasteiger partial charge in [0.2, 0.25) is 0 Å². The van der Waals surface area contributed by atoms with Gasteiger partial charge in [0.25, 0.3) is 5.91 Å². The van der Waals surface area contributed by atoms with E-state index in [2.05, 4.69) is 31.3 Å². The van der Waals surface area contributed by atoms with Crippen LogP contribution in [0, 0.1) is 0 Å². The predicted octanol–water partition coefficient (Wildman–Crippen LogP) is 4.11. The van der Waals surface area contributed by atoms with Crippen LogP contribution >= 0.6 is 11.6 Å². The molecular formula is C18H19ClN2O2. The number of phenolic OH excluding ortho intramolecular Hbond substituents is 1. The zero-order valence-electron chi connectivity index (χ0n) is 13.3. The Bertz CT molecular complexity index is 749. The fraction of sp³-hybridized carbons (Fsp3) is 0.222. The van der Waals surface area contributed by atoms with E-state index in [-0.39, 0.29) is 11.2 Å². The molecule has 0 aliphatic carbocycles. The minimum atomic E-state index is -0.404. The fourth-order valence-electron chi connectivity index (χ4n) is 1.99. The van der Waals surface area contributed by atoms with E-state index in [4.69, 9.17) is 11.6 Å². The normalized spacial score (nSPS) is 11.7. The second-order valence-electron chi connectivity index (χ2n) is 6.20. The number of amides is 1. The zero-order valence-corrected chi connectivity index (χ0v) is 14.1. The molecule has 120 valence electrons. The summed E-state index contributed by atoms with van der Waals surface area (Å²) in [6.07, 6.45) is 1.42. The number of rotatable bonds is 3. The van der Waals surface area contributed by atoms with Gasteiger partial charge in [0.15, 0.2) is 0 Å². The van der Waals surface area contributed by atoms with E-state index in [1.165, 1.54) is 6.21 Å². The molecule has 2 aromatic rings. The molecule has 0 fully saturated rings. The highest BCUT2D eigenvalue weighted by Gasteiger charge is 2.15. The monoisotopic (exact) mass is 330 g/mol. The number of carbonyl (C=O) groups excluding carboxylic acids is 1. The number of phenols is 1. The third-order valence-electron chi connectivity index (χ3n) is 3.38. The van der Waals surface area contributed by atoms with Crippen molar-refractivity contribution < 1.29 is 9.90 Å². The van der Waals surface area contributed by atoms with E-state index >= 15 is 0 Å². The highest BCUT2D eigenvalue weighted by Crippen LogP contribution is 2.26. The number of hydrogen-bond acceptors (Lipinski definition) is 3. The van der Waals surface area contributed by atoms with Gasteiger partial charge in [0.05, 0.1) is 16.8 Å². The molecule has 0 unspecified atom stereocenters. The van der Waals surface area contributed by atoms with Gasteiger partial charge in [-0.2, -0.15) is 5.10 Å². The lowest BCUT2D eigenvalue weighted by atomic mass is 9.86. The third-order valence-corrected chi connectivity index (χ3v) is 3.71. The van der Waals surface area contributed by atoms with Gasteiger partial charge in [0, 0.05) is 5.56 Å². The molecule has 0 radical (unpaired) electrons. The van der Waals surface area contributed by atoms with Gasteiger partial charge < -0.3 is 5.11 Å². The van der Waals surface area contributed by atoms with Crippen LogP contribution in [0.15, 0.2) is 47.6 Å². The lowest BCUT2D eigenvalue weighted by Gasteiger charge is -2.19. The number of aromatic hydroxyl groups is 1. The van der Waals surface area contributed by atoms with E-state index < -0.39 is 5.91 Å². The van der Waals surface area contributed by atoms with E-state index in [1.807, 2.05) is 12.1 Å². The third kappa shape index (κ3) is 4.33. The quantitative estimate of drug-likeness (QED) is 0.657. The first kappa shape index (κ1) is 17.0. The standard InChI is InChI=1S/C18H19ClN2O2/c1-18(2,3)13-8-9-16(22)12(10-13)11-20-21-17(23)14-6-4-5-7-15(14)19/h4-11,22H,1-3H3,(H,21,23). The molecule has 23 heavy (non-hydrogen) atoms. The van der Waals surface area contributed by atoms with Crippen molar-refractivity contribution in [1.82, 2.24) is 5.43 Å². The predicted molar refractivity (Wildman–Crippen MR) is 93.3 cm³/mol. The first-order chi connectivity index (χ1) is 10.8. The molecule has 0 bridgehead atoms. The maximum atomic E-state index is 12.0. The van der Waals surface area contributed by atoms with Crippen molar-refractivity contribution >= 4 is 23.7 Å². The van der Waals surface area contributed by atoms with Crippen molar-refractivity contribution in [1.29, 1.82) is 0 Å². The second-order valence-corrected chi connectivity index (χ2v) is 6.61. The highest BCUT2D eigenvalue weighted by molar-refractivity contribution is 6.33. The molecule has 4 nitrogen and oxygen atoms in total. The molecule has 0 spiro atoms. The number of nitrogens with zero attached hydrogens (tertiary/aromatic N) is 1. The van der Waals surface area contributed by atoms with E-state index in [9.17, 15) is 9.90 Å². The van der Waals surface area contributed by atoms with Crippen LogP contribution in [-0.2, 0) is 5.41 Å². The Morgan fingerprint density at radius 2 is 1.91 bits per heavy atom. The Hall–Kier alpha value is -2.33. The second kappa shape index (κ2) is 6.84. The molecule has 0 aliphatic heterocycles. The van der Waals surface area contributed by atoms with Gasteiger partial charge in [-0.25, -0.2) is 5.43 Å². The number of benzene rings is 2. The number of halogens is 1. The van der Waals surface area contributed by atoms with Gasteiger partial charge in [-0.15, -0.1) is 0 Å². The van der Waals surface area contributed by atoms with Crippen molar-refractivity contribution in [2.24, 2.45) is 5.10 Å². The summed E-state index contributed by atoms with van der Waals surface area (Å²) in [5.41, 5.74) is 4.31. The van der Waals surface area contributed by atoms with Gasteiger partial charge >= 0.3 is 0 Å². The summed E-state index contributed by atoms with van der Waals surface area (Å²) < 4.78 is 0. The van der Waals surface area contributed by atoms with Crippen molar-refractivity contribution in [2.45, 2.75) is 26.2 Å². The van der Waals surface area contributed by atoms with Crippen molar-refractivity contribution in [3.05, 3.63) is 64.2 Å². The summed E-state index contributed by atoms with van der Waals surface area (Å²) in [6.45, 7) is 6.25. The largest absolute Gasteiger partial charge is 0.507 e. The average molecular weight is 331 g/mol. The van der Waals surface area contributed by atoms with Gasteiger partial charge in [-0.3, -0.25) is 4.79 Å². The SMILES string of the molecule is CC(C)(C)c1ccc(O)c(C=NNC(=O)c2ccccc2Cl)c1. The average Bonchev–Trinajstić information content (AvgIpc) is 2.48. The van der Waals surface area contributed by atoms with Gasteiger partial charge in [-0.05, 0) is 35.2 Å². The van der Waals surface area contributed by atoms with E-state index in [0.29, 0.717) is 16.1 Å². The summed E-state index contributed by atoms with van der Waals surface area (Å²) in [5, 5.41) is 14.2. The van der Waals surface area contributed by atoms with E-state index in [1.54, 1.807) is 30.3 Å². The summed E-state index contributed by atoms with van der Waals surface area (Å²) in [6, 6.07) is 12.1. The maximum Gasteiger partial charge on any atom is 0.272 e. The lowest BCUT2D eigenvalue weighted by Crippen LogP contribution is -2.18. The topological polar surface area (TPSA) is 61.7 Å². The molecule has 0 saturated carbocycles. The molecule has 0 saturated heterocycles. The number of hydrogen-bond donors (Lipinski definition) is 2. The zero-order chi connectivity index (χ0) is 17.0. The molecule has 0 atom stereocenters. The molecule has 5 heteroatoms. The summed E-state index contributed by atoms with van der Waals surface area (Å²) >= 11 is 5.96. The van der Waals surface area contributed by atoms with Crippen molar-refractivity contribution in [2.75, 3.05) is 0 Å². The van der Waals surface area contributed by atoms with Crippen LogP contribution in [0.5, 0.6) is 5.75 Å². The number of hydrazone groups is 1. The van der Waals surface area contributed by atoms with Crippen molar-refractivity contribution in [3.63, 3.8) is 0 Å². The van der Waals surface area contributed by atoms with Crippen LogP contribution < -0.4 is 5.43 Å². The van der Waals surface area contributed by atoms with Crippen LogP contribution in [0.4, 0.5) is 0 Å². The minimum absolute atomic E-state index is 0.0445. The molecule has 1 amide bonds. The molecule has 0 aromatic heterocycles. The van der Waals surface area contributed by atoms with Crippen LogP contribution in [-0.4, -0.2) is 17.2 Å². The maximum absolute atomic E-state index is 12.0. The highest BCUT2D eigenvalue weighted by atomic mass is 35.5. The Morgan fingerprint density at radius 1 is 1.22 bits per heavy atom. The smallest absolute Gasteiger partial charge is 0.272 e. The molecule has 2 N–H and O–H groups in total. The number of carbonyl (C=O) groups is 1. The molecule has 0 heterocycles. The first-order valence-corrected chi connectivity index (χ1v) is 7.58. The molecular weight excluding hydrogens is 312 g/mol. The minimum Gasteiger partial charge on any atom is -0.507 e. The lowest BCUT2D eigenvalue weighted by molar-refractivity contribution is 0.0955. The number of nitrogens with one attached hydrogen (secondary N) is 1. The molecule has 2 rings (SSSR count). The Balaban J connectivity index is 2.15. The first-order valence-electron chi connectivity index (χ1n) is 7.20. The van der Waals surface area contributed by atoms with Gasteiger partial charge in [-0.1, -0.05) is 50.6 Å². The summed E-state index contributed by atoms with van der Waals surface area (Å²) in [5.74, 6) is -0.299. The van der Waals surface area contributed by atoms with Gasteiger partial charge in [0.1, 0.15) is 5.75 Å². The van der Waals surface area contributed by atoms with Crippen LogP contribution in [0.25, 0.3) is 0 Å². The van der Waals surface area contributed by atoms with Crippen LogP contribution in [0.3, 0.4) is 0 Å². The Labute approximate surface area is 140 Å².